The molecule has 0 aliphatic carbocycles. The van der Waals surface area contributed by atoms with Crippen LogP contribution in [0.3, 0.4) is 0 Å². The zero-order valence-corrected chi connectivity index (χ0v) is 21.0. The van der Waals surface area contributed by atoms with Crippen molar-refractivity contribution in [1.82, 2.24) is 14.7 Å². The van der Waals surface area contributed by atoms with Crippen LogP contribution < -0.4 is 4.72 Å². The summed E-state index contributed by atoms with van der Waals surface area (Å²) in [5, 5.41) is 13.7. The number of carboxylic acid groups (broad SMARTS) is 1. The largest absolute Gasteiger partial charge is 0.477 e. The van der Waals surface area contributed by atoms with Gasteiger partial charge in [-0.1, -0.05) is 47.1 Å². The number of nitrogens with one attached hydrogen (secondary N) is 1. The number of carboxylic acids is 1. The van der Waals surface area contributed by atoms with Crippen LogP contribution in [-0.4, -0.2) is 34.2 Å². The summed E-state index contributed by atoms with van der Waals surface area (Å²) < 4.78 is 35.6. The number of hydrogen-bond acceptors (Lipinski definition) is 6. The van der Waals surface area contributed by atoms with Crippen LogP contribution in [-0.2, 0) is 16.6 Å². The molecule has 0 fully saturated rings. The number of aryl methyl sites for hydroxylation is 3. The molecular weight excluding hydrogens is 492 g/mol. The van der Waals surface area contributed by atoms with Gasteiger partial charge in [-0.05, 0) is 45.4 Å². The highest BCUT2D eigenvalue weighted by Crippen LogP contribution is 2.35. The van der Waals surface area contributed by atoms with E-state index in [0.717, 1.165) is 5.56 Å². The molecule has 0 saturated carbocycles. The molecule has 0 atom stereocenters. The first kappa shape index (κ1) is 24.5. The van der Waals surface area contributed by atoms with Gasteiger partial charge in [0.25, 0.3) is 10.0 Å². The number of benzene rings is 2. The van der Waals surface area contributed by atoms with Gasteiger partial charge in [0.15, 0.2) is 5.69 Å². The number of nitrogens with zero attached hydrogens (tertiary/aromatic N) is 3. The number of imidazole rings is 1. The molecule has 2 heterocycles. The van der Waals surface area contributed by atoms with E-state index in [-0.39, 0.29) is 23.0 Å². The average Bonchev–Trinajstić information content (AvgIpc) is 3.25. The third kappa shape index (κ3) is 4.67. The Kier molecular flexibility index (Phi) is 6.44. The predicted octanol–water partition coefficient (Wildman–Crippen LogP) is 4.97. The normalized spacial score (nSPS) is 11.6. The Bertz CT molecular complexity index is 1560. The molecule has 11 heteroatoms. The number of aromatic carboxylic acids is 1. The molecule has 2 N–H and O–H groups in total. The molecule has 0 amide bonds. The standard InChI is InChI=1S/C24H23ClN4O5S/c1-13-14(2)27-34-23(13)28-35(32,33)21-8-6-5-7-19(21)18-10-9-17(11-20(18)25)12-29-16(4)26-15(3)22(29)24(30)31/h5-11,28H,12H2,1-4H3,(H,30,31). The van der Waals surface area contributed by atoms with E-state index in [1.165, 1.54) is 6.07 Å². The number of halogens is 1. The molecule has 182 valence electrons. The van der Waals surface area contributed by atoms with Crippen LogP contribution in [0.4, 0.5) is 5.88 Å². The number of hydrogen-bond donors (Lipinski definition) is 2. The smallest absolute Gasteiger partial charge is 0.354 e. The molecule has 4 aromatic rings. The first-order chi connectivity index (χ1) is 16.5. The van der Waals surface area contributed by atoms with E-state index < -0.39 is 16.0 Å². The lowest BCUT2D eigenvalue weighted by atomic mass is 10.0. The third-order valence-corrected chi connectivity index (χ3v) is 7.46. The van der Waals surface area contributed by atoms with Gasteiger partial charge in [-0.15, -0.1) is 0 Å². The third-order valence-electron chi connectivity index (χ3n) is 5.76. The summed E-state index contributed by atoms with van der Waals surface area (Å²) in [5.74, 6) is -0.436. The summed E-state index contributed by atoms with van der Waals surface area (Å²) >= 11 is 6.60. The molecule has 2 aromatic heterocycles. The Balaban J connectivity index is 1.70. The summed E-state index contributed by atoms with van der Waals surface area (Å²) in [7, 11) is -4.01. The van der Waals surface area contributed by atoms with Crippen molar-refractivity contribution < 1.29 is 22.8 Å². The molecule has 4 rings (SSSR count). The summed E-state index contributed by atoms with van der Waals surface area (Å²) in [6.45, 7) is 7.07. The number of aromatic nitrogens is 3. The van der Waals surface area contributed by atoms with Gasteiger partial charge in [0.05, 0.1) is 16.3 Å². The monoisotopic (exact) mass is 514 g/mol. The van der Waals surface area contributed by atoms with E-state index >= 15 is 0 Å². The van der Waals surface area contributed by atoms with Crippen LogP contribution in [0, 0.1) is 27.7 Å². The lowest BCUT2D eigenvalue weighted by Crippen LogP contribution is -2.14. The average molecular weight is 515 g/mol. The summed E-state index contributed by atoms with van der Waals surface area (Å²) in [6.07, 6.45) is 0. The first-order valence-electron chi connectivity index (χ1n) is 10.6. The lowest BCUT2D eigenvalue weighted by molar-refractivity contribution is 0.0684. The fourth-order valence-corrected chi connectivity index (χ4v) is 5.42. The number of sulfonamides is 1. The van der Waals surface area contributed by atoms with E-state index in [1.54, 1.807) is 68.7 Å². The van der Waals surface area contributed by atoms with E-state index in [0.29, 0.717) is 38.9 Å². The van der Waals surface area contributed by atoms with Gasteiger partial charge in [-0.2, -0.15) is 0 Å². The van der Waals surface area contributed by atoms with Gasteiger partial charge in [-0.25, -0.2) is 22.9 Å². The fraction of sp³-hybridized carbons (Fsp3) is 0.208. The summed E-state index contributed by atoms with van der Waals surface area (Å²) in [6, 6.07) is 11.7. The molecule has 0 aliphatic rings. The van der Waals surface area contributed by atoms with E-state index in [1.807, 2.05) is 0 Å². The maximum absolute atomic E-state index is 13.2. The predicted molar refractivity (Wildman–Crippen MR) is 131 cm³/mol. The van der Waals surface area contributed by atoms with Crippen LogP contribution >= 0.6 is 11.6 Å². The molecule has 0 unspecified atom stereocenters. The summed E-state index contributed by atoms with van der Waals surface area (Å²) in [5.41, 5.74) is 3.39. The zero-order valence-electron chi connectivity index (χ0n) is 19.5. The van der Waals surface area contributed by atoms with Crippen LogP contribution in [0.5, 0.6) is 0 Å². The minimum atomic E-state index is -4.01. The number of carbonyl (C=O) groups is 1. The van der Waals surface area contributed by atoms with Gasteiger partial charge in [0, 0.05) is 28.3 Å². The Hall–Kier alpha value is -3.63. The molecule has 35 heavy (non-hydrogen) atoms. The topological polar surface area (TPSA) is 127 Å². The molecule has 2 aromatic carbocycles. The van der Waals surface area contributed by atoms with Crippen molar-refractivity contribution in [2.75, 3.05) is 4.72 Å². The molecular formula is C24H23ClN4O5S. The molecule has 0 saturated heterocycles. The maximum Gasteiger partial charge on any atom is 0.354 e. The van der Waals surface area contributed by atoms with Crippen LogP contribution in [0.2, 0.25) is 5.02 Å². The van der Waals surface area contributed by atoms with Crippen molar-refractivity contribution in [2.45, 2.75) is 39.1 Å². The van der Waals surface area contributed by atoms with Crippen molar-refractivity contribution >= 4 is 33.5 Å². The number of anilines is 1. The molecule has 0 aliphatic heterocycles. The van der Waals surface area contributed by atoms with Gasteiger partial charge in [0.1, 0.15) is 5.82 Å². The van der Waals surface area contributed by atoms with Crippen LogP contribution in [0.1, 0.15) is 38.8 Å². The fourth-order valence-electron chi connectivity index (χ4n) is 3.85. The molecule has 0 bridgehead atoms. The van der Waals surface area contributed by atoms with Crippen molar-refractivity contribution in [3.8, 4) is 11.1 Å². The van der Waals surface area contributed by atoms with Crippen molar-refractivity contribution in [1.29, 1.82) is 0 Å². The Morgan fingerprint density at radius 2 is 1.80 bits per heavy atom. The van der Waals surface area contributed by atoms with Crippen molar-refractivity contribution in [3.05, 3.63) is 81.5 Å². The first-order valence-corrected chi connectivity index (χ1v) is 12.5. The second-order valence-electron chi connectivity index (χ2n) is 8.12. The van der Waals surface area contributed by atoms with E-state index in [4.69, 9.17) is 16.1 Å². The quantitative estimate of drug-likeness (QED) is 0.356. The minimum absolute atomic E-state index is 0.0253. The Morgan fingerprint density at radius 3 is 2.43 bits per heavy atom. The van der Waals surface area contributed by atoms with Crippen LogP contribution in [0.15, 0.2) is 51.9 Å². The Morgan fingerprint density at radius 1 is 1.09 bits per heavy atom. The highest BCUT2D eigenvalue weighted by molar-refractivity contribution is 7.92. The van der Waals surface area contributed by atoms with Gasteiger partial charge in [-0.3, -0.25) is 0 Å². The molecule has 0 spiro atoms. The van der Waals surface area contributed by atoms with E-state index in [9.17, 15) is 18.3 Å². The van der Waals surface area contributed by atoms with Gasteiger partial charge in [0.2, 0.25) is 5.88 Å². The molecule has 0 radical (unpaired) electrons. The maximum atomic E-state index is 13.2. The highest BCUT2D eigenvalue weighted by atomic mass is 35.5. The SMILES string of the molecule is Cc1noc(NS(=O)(=O)c2ccccc2-c2ccc(Cn3c(C)nc(C)c3C(=O)O)cc2Cl)c1C. The van der Waals surface area contributed by atoms with Crippen molar-refractivity contribution in [3.63, 3.8) is 0 Å². The van der Waals surface area contributed by atoms with Crippen molar-refractivity contribution in [2.24, 2.45) is 0 Å². The zero-order chi connectivity index (χ0) is 25.5. The second-order valence-corrected chi connectivity index (χ2v) is 10.2. The van der Waals surface area contributed by atoms with Gasteiger partial charge < -0.3 is 14.2 Å². The lowest BCUT2D eigenvalue weighted by Gasteiger charge is -2.14. The van der Waals surface area contributed by atoms with Crippen LogP contribution in [0.25, 0.3) is 11.1 Å². The number of rotatable bonds is 7. The van der Waals surface area contributed by atoms with Gasteiger partial charge >= 0.3 is 5.97 Å². The van der Waals surface area contributed by atoms with E-state index in [2.05, 4.69) is 14.9 Å². The highest BCUT2D eigenvalue weighted by Gasteiger charge is 2.24. The molecule has 9 nitrogen and oxygen atoms in total. The second kappa shape index (κ2) is 9.20. The minimum Gasteiger partial charge on any atom is -0.477 e. The Labute approximate surface area is 207 Å². The summed E-state index contributed by atoms with van der Waals surface area (Å²) in [4.78, 5) is 16.0.